The van der Waals surface area contributed by atoms with Crippen LogP contribution in [0.3, 0.4) is 0 Å². The van der Waals surface area contributed by atoms with Crippen LogP contribution in [0.4, 0.5) is 0 Å². The van der Waals surface area contributed by atoms with Crippen LogP contribution in [-0.4, -0.2) is 21.7 Å². The number of aromatic hydroxyl groups is 1. The van der Waals surface area contributed by atoms with Gasteiger partial charge in [0.15, 0.2) is 5.88 Å². The van der Waals surface area contributed by atoms with E-state index in [1.807, 2.05) is 33.7 Å². The van der Waals surface area contributed by atoms with E-state index in [2.05, 4.69) is 9.98 Å². The third kappa shape index (κ3) is 1.52. The number of nitrogens with zero attached hydrogens (tertiary/aromatic N) is 1. The molecule has 6 heteroatoms. The summed E-state index contributed by atoms with van der Waals surface area (Å²) in [5.74, 6) is -0.309. The SMILES string of the molecule is O=C1N=C(c2ccsc2)c2c(O)[nH]c(-c3ccsc3)c21. The molecule has 1 aliphatic rings. The molecule has 4 nitrogen and oxygen atoms in total. The van der Waals surface area contributed by atoms with Gasteiger partial charge in [0, 0.05) is 21.9 Å². The number of fused-ring (bicyclic) bond motifs is 1. The highest BCUT2D eigenvalue weighted by atomic mass is 32.1. The average molecular weight is 300 g/mol. The maximum Gasteiger partial charge on any atom is 0.280 e. The Morgan fingerprint density at radius 2 is 1.75 bits per heavy atom. The molecule has 0 unspecified atom stereocenters. The standard InChI is InChI=1S/C14H8N2O2S2/c17-13-9-10(12(16-13)8-2-4-20-6-8)14(18)15-11(9)7-1-3-19-5-7/h1-6,15,18H. The van der Waals surface area contributed by atoms with Gasteiger partial charge in [-0.2, -0.15) is 22.7 Å². The summed E-state index contributed by atoms with van der Waals surface area (Å²) >= 11 is 3.07. The average Bonchev–Trinajstić information content (AvgIpc) is 3.17. The summed E-state index contributed by atoms with van der Waals surface area (Å²) in [7, 11) is 0. The molecule has 0 saturated carbocycles. The Labute approximate surface area is 122 Å². The lowest BCUT2D eigenvalue weighted by Crippen LogP contribution is -1.97. The summed E-state index contributed by atoms with van der Waals surface area (Å²) in [5.41, 5.74) is 3.89. The molecule has 0 bridgehead atoms. The monoisotopic (exact) mass is 300 g/mol. The number of thiophene rings is 2. The van der Waals surface area contributed by atoms with E-state index < -0.39 is 0 Å². The third-order valence-electron chi connectivity index (χ3n) is 3.25. The van der Waals surface area contributed by atoms with E-state index in [0.717, 1.165) is 11.1 Å². The van der Waals surface area contributed by atoms with Crippen molar-refractivity contribution in [3.63, 3.8) is 0 Å². The lowest BCUT2D eigenvalue weighted by molar-refractivity contribution is 0.101. The lowest BCUT2D eigenvalue weighted by Gasteiger charge is -1.96. The predicted octanol–water partition coefficient (Wildman–Crippen LogP) is 3.50. The van der Waals surface area contributed by atoms with Gasteiger partial charge in [0.2, 0.25) is 0 Å². The Kier molecular flexibility index (Phi) is 2.42. The van der Waals surface area contributed by atoms with Crippen molar-refractivity contribution in [3.8, 4) is 17.1 Å². The highest BCUT2D eigenvalue weighted by Gasteiger charge is 2.33. The number of rotatable bonds is 2. The van der Waals surface area contributed by atoms with Crippen LogP contribution < -0.4 is 0 Å². The zero-order valence-corrected chi connectivity index (χ0v) is 11.7. The second kappa shape index (κ2) is 4.16. The van der Waals surface area contributed by atoms with Crippen LogP contribution in [0.5, 0.6) is 5.88 Å². The molecular formula is C14H8N2O2S2. The number of aromatic amines is 1. The van der Waals surface area contributed by atoms with Gasteiger partial charge < -0.3 is 10.1 Å². The van der Waals surface area contributed by atoms with E-state index in [1.54, 1.807) is 11.3 Å². The quantitative estimate of drug-likeness (QED) is 0.760. The molecule has 1 amide bonds. The van der Waals surface area contributed by atoms with Gasteiger partial charge in [-0.25, -0.2) is 4.99 Å². The molecule has 2 N–H and O–H groups in total. The summed E-state index contributed by atoms with van der Waals surface area (Å²) in [5, 5.41) is 17.9. The Morgan fingerprint density at radius 3 is 2.40 bits per heavy atom. The van der Waals surface area contributed by atoms with Gasteiger partial charge in [0.05, 0.1) is 22.5 Å². The van der Waals surface area contributed by atoms with Crippen LogP contribution >= 0.6 is 22.7 Å². The minimum Gasteiger partial charge on any atom is -0.494 e. The fourth-order valence-corrected chi connectivity index (χ4v) is 3.66. The van der Waals surface area contributed by atoms with Crippen LogP contribution in [-0.2, 0) is 0 Å². The molecule has 0 radical (unpaired) electrons. The van der Waals surface area contributed by atoms with Gasteiger partial charge in [-0.15, -0.1) is 0 Å². The van der Waals surface area contributed by atoms with Crippen molar-refractivity contribution in [2.45, 2.75) is 0 Å². The summed E-state index contributed by atoms with van der Waals surface area (Å²) in [6, 6.07) is 3.80. The van der Waals surface area contributed by atoms with Gasteiger partial charge in [-0.05, 0) is 22.9 Å². The maximum absolute atomic E-state index is 12.2. The minimum absolute atomic E-state index is 0.00278. The van der Waals surface area contributed by atoms with Gasteiger partial charge in [-0.1, -0.05) is 0 Å². The van der Waals surface area contributed by atoms with Gasteiger partial charge in [0.25, 0.3) is 5.91 Å². The van der Waals surface area contributed by atoms with Crippen LogP contribution in [0, 0.1) is 0 Å². The molecular weight excluding hydrogens is 292 g/mol. The molecule has 0 aliphatic carbocycles. The molecule has 0 atom stereocenters. The van der Waals surface area contributed by atoms with E-state index >= 15 is 0 Å². The molecule has 3 aromatic rings. The number of carbonyl (C=O) groups is 1. The molecule has 98 valence electrons. The first-order valence-electron chi connectivity index (χ1n) is 5.89. The van der Waals surface area contributed by atoms with Crippen molar-refractivity contribution in [3.05, 3.63) is 50.3 Å². The molecule has 20 heavy (non-hydrogen) atoms. The minimum atomic E-state index is -0.307. The number of amides is 1. The number of hydrogen-bond donors (Lipinski definition) is 2. The Balaban J connectivity index is 1.95. The van der Waals surface area contributed by atoms with Crippen molar-refractivity contribution in [1.29, 1.82) is 0 Å². The number of aromatic nitrogens is 1. The highest BCUT2D eigenvalue weighted by molar-refractivity contribution is 7.08. The maximum atomic E-state index is 12.2. The van der Waals surface area contributed by atoms with Crippen LogP contribution in [0.15, 0.2) is 38.6 Å². The summed E-state index contributed by atoms with van der Waals surface area (Å²) in [6.45, 7) is 0. The zero-order chi connectivity index (χ0) is 13.7. The van der Waals surface area contributed by atoms with Crippen LogP contribution in [0.2, 0.25) is 0 Å². The van der Waals surface area contributed by atoms with Gasteiger partial charge in [0.1, 0.15) is 0 Å². The Bertz CT molecular complexity index is 827. The Hall–Kier alpha value is -2.18. The molecule has 0 spiro atoms. The smallest absolute Gasteiger partial charge is 0.280 e. The second-order valence-electron chi connectivity index (χ2n) is 4.39. The largest absolute Gasteiger partial charge is 0.494 e. The number of hydrogen-bond acceptors (Lipinski definition) is 4. The number of H-pyrrole nitrogens is 1. The molecule has 0 fully saturated rings. The van der Waals surface area contributed by atoms with Crippen molar-refractivity contribution in [2.75, 3.05) is 0 Å². The number of nitrogens with one attached hydrogen (secondary N) is 1. The molecule has 3 aromatic heterocycles. The predicted molar refractivity (Wildman–Crippen MR) is 80.1 cm³/mol. The molecule has 4 heterocycles. The van der Waals surface area contributed by atoms with E-state index in [9.17, 15) is 9.90 Å². The fourth-order valence-electron chi connectivity index (χ4n) is 2.38. The van der Waals surface area contributed by atoms with Gasteiger partial charge >= 0.3 is 0 Å². The van der Waals surface area contributed by atoms with E-state index in [1.165, 1.54) is 11.3 Å². The normalized spacial score (nSPS) is 13.6. The number of carbonyl (C=O) groups excluding carboxylic acids is 1. The number of aliphatic imine (C=N–C) groups is 1. The van der Waals surface area contributed by atoms with Crippen LogP contribution in [0.25, 0.3) is 11.3 Å². The van der Waals surface area contributed by atoms with Crippen LogP contribution in [0.1, 0.15) is 21.5 Å². The molecule has 4 rings (SSSR count). The molecule has 1 aliphatic heterocycles. The Morgan fingerprint density at radius 1 is 1.05 bits per heavy atom. The van der Waals surface area contributed by atoms with Gasteiger partial charge in [-0.3, -0.25) is 4.79 Å². The van der Waals surface area contributed by atoms with Crippen molar-refractivity contribution in [1.82, 2.24) is 4.98 Å². The second-order valence-corrected chi connectivity index (χ2v) is 5.95. The molecule has 0 saturated heterocycles. The molecule has 0 aromatic carbocycles. The fraction of sp³-hybridized carbons (Fsp3) is 0. The lowest BCUT2D eigenvalue weighted by atomic mass is 10.0. The first kappa shape index (κ1) is 11.6. The first-order chi connectivity index (χ1) is 9.75. The van der Waals surface area contributed by atoms with E-state index in [-0.39, 0.29) is 11.8 Å². The van der Waals surface area contributed by atoms with E-state index in [0.29, 0.717) is 22.5 Å². The first-order valence-corrected chi connectivity index (χ1v) is 7.77. The van der Waals surface area contributed by atoms with E-state index in [4.69, 9.17) is 0 Å². The summed E-state index contributed by atoms with van der Waals surface area (Å²) < 4.78 is 0. The van der Waals surface area contributed by atoms with Crippen molar-refractivity contribution >= 4 is 34.3 Å². The summed E-state index contributed by atoms with van der Waals surface area (Å²) in [4.78, 5) is 19.2. The topological polar surface area (TPSA) is 65.4 Å². The highest BCUT2D eigenvalue weighted by Crippen LogP contribution is 2.38. The zero-order valence-electron chi connectivity index (χ0n) is 10.1. The van der Waals surface area contributed by atoms with Crippen molar-refractivity contribution in [2.24, 2.45) is 4.99 Å². The summed E-state index contributed by atoms with van der Waals surface area (Å²) in [6.07, 6.45) is 0. The van der Waals surface area contributed by atoms with Crippen molar-refractivity contribution < 1.29 is 9.90 Å². The third-order valence-corrected chi connectivity index (χ3v) is 4.62.